The first-order valence-corrected chi connectivity index (χ1v) is 6.98. The molecule has 2 nitrogen and oxygen atoms in total. The summed E-state index contributed by atoms with van der Waals surface area (Å²) in [5.74, 6) is 0. The van der Waals surface area contributed by atoms with Crippen LogP contribution in [0, 0.1) is 5.41 Å². The molecule has 0 amide bonds. The Kier molecular flexibility index (Phi) is 4.93. The van der Waals surface area contributed by atoms with Gasteiger partial charge in [0.25, 0.3) is 0 Å². The van der Waals surface area contributed by atoms with E-state index >= 15 is 0 Å². The van der Waals surface area contributed by atoms with Gasteiger partial charge in [-0.2, -0.15) is 0 Å². The van der Waals surface area contributed by atoms with Crippen molar-refractivity contribution >= 4 is 11.3 Å². The minimum absolute atomic E-state index is 0.330. The predicted octanol–water partition coefficient (Wildman–Crippen LogP) is 3.27. The van der Waals surface area contributed by atoms with Gasteiger partial charge < -0.3 is 5.32 Å². The molecule has 92 valence electrons. The van der Waals surface area contributed by atoms with E-state index in [-0.39, 0.29) is 0 Å². The lowest BCUT2D eigenvalue weighted by atomic mass is 9.88. The van der Waals surface area contributed by atoms with Crippen LogP contribution in [0.1, 0.15) is 45.3 Å². The fraction of sp³-hybridized carbons (Fsp3) is 0.769. The molecule has 1 aromatic rings. The zero-order valence-corrected chi connectivity index (χ0v) is 11.9. The number of rotatable bonds is 5. The van der Waals surface area contributed by atoms with Crippen molar-refractivity contribution in [3.05, 3.63) is 16.1 Å². The normalized spacial score (nSPS) is 14.1. The highest BCUT2D eigenvalue weighted by Gasteiger charge is 2.18. The minimum atomic E-state index is 0.330. The smallest absolute Gasteiger partial charge is 0.0925 e. The first-order chi connectivity index (χ1) is 7.43. The number of aromatic nitrogens is 1. The number of aryl methyl sites for hydroxylation is 1. The van der Waals surface area contributed by atoms with E-state index in [4.69, 9.17) is 0 Å². The minimum Gasteiger partial charge on any atom is -0.313 e. The highest BCUT2D eigenvalue weighted by atomic mass is 32.1. The second kappa shape index (κ2) is 5.78. The van der Waals surface area contributed by atoms with E-state index in [0.29, 0.717) is 11.5 Å². The van der Waals surface area contributed by atoms with E-state index in [1.54, 1.807) is 11.3 Å². The average Bonchev–Trinajstić information content (AvgIpc) is 2.64. The third kappa shape index (κ3) is 4.22. The molecule has 0 radical (unpaired) electrons. The Morgan fingerprint density at radius 1 is 1.44 bits per heavy atom. The lowest BCUT2D eigenvalue weighted by molar-refractivity contribution is 0.288. The molecule has 1 heterocycles. The Bertz CT molecular complexity index is 312. The molecule has 0 bridgehead atoms. The summed E-state index contributed by atoms with van der Waals surface area (Å²) in [6.45, 7) is 12.2. The average molecular weight is 240 g/mol. The Hall–Kier alpha value is -0.410. The number of nitrogens with zero attached hydrogens (tertiary/aromatic N) is 1. The van der Waals surface area contributed by atoms with Gasteiger partial charge in [-0.3, -0.25) is 0 Å². The Balaban J connectivity index is 2.30. The molecule has 0 saturated heterocycles. The maximum atomic E-state index is 4.57. The Morgan fingerprint density at radius 3 is 2.62 bits per heavy atom. The van der Waals surface area contributed by atoms with Crippen molar-refractivity contribution in [3.8, 4) is 0 Å². The van der Waals surface area contributed by atoms with Crippen LogP contribution in [0.25, 0.3) is 0 Å². The third-order valence-corrected chi connectivity index (χ3v) is 4.07. The number of nitrogens with one attached hydrogen (secondary N) is 1. The van der Waals surface area contributed by atoms with Crippen LogP contribution in [0.15, 0.2) is 5.38 Å². The summed E-state index contributed by atoms with van der Waals surface area (Å²) in [6.07, 6.45) is 2.09. The summed E-state index contributed by atoms with van der Waals surface area (Å²) in [6, 6.07) is 0.539. The van der Waals surface area contributed by atoms with Gasteiger partial charge in [0.2, 0.25) is 0 Å². The molecule has 1 rings (SSSR count). The van der Waals surface area contributed by atoms with Crippen molar-refractivity contribution in [3.63, 3.8) is 0 Å². The van der Waals surface area contributed by atoms with Crippen molar-refractivity contribution in [1.29, 1.82) is 0 Å². The third-order valence-electron chi connectivity index (χ3n) is 3.03. The van der Waals surface area contributed by atoms with Crippen molar-refractivity contribution in [2.24, 2.45) is 5.41 Å². The Morgan fingerprint density at radius 2 is 2.12 bits per heavy atom. The standard InChI is InChI=1S/C13H24N2S/c1-6-12-15-11(9-16-12)7-8-14-10(2)13(3,4)5/h9-10,14H,6-8H2,1-5H3. The highest BCUT2D eigenvalue weighted by Crippen LogP contribution is 2.18. The molecule has 3 heteroatoms. The maximum Gasteiger partial charge on any atom is 0.0925 e. The van der Waals surface area contributed by atoms with Gasteiger partial charge in [-0.15, -0.1) is 11.3 Å². The number of hydrogen-bond acceptors (Lipinski definition) is 3. The summed E-state index contributed by atoms with van der Waals surface area (Å²) in [4.78, 5) is 4.57. The molecule has 16 heavy (non-hydrogen) atoms. The topological polar surface area (TPSA) is 24.9 Å². The van der Waals surface area contributed by atoms with Gasteiger partial charge in [-0.1, -0.05) is 27.7 Å². The number of thiazole rings is 1. The molecule has 1 N–H and O–H groups in total. The molecule has 0 fully saturated rings. The molecular formula is C13H24N2S. The maximum absolute atomic E-state index is 4.57. The van der Waals surface area contributed by atoms with Crippen LogP contribution in [-0.4, -0.2) is 17.6 Å². The van der Waals surface area contributed by atoms with Gasteiger partial charge in [-0.05, 0) is 18.8 Å². The molecule has 1 atom stereocenters. The van der Waals surface area contributed by atoms with Crippen LogP contribution in [-0.2, 0) is 12.8 Å². The molecule has 0 saturated carbocycles. The summed E-state index contributed by atoms with van der Waals surface area (Å²) < 4.78 is 0. The van der Waals surface area contributed by atoms with Crippen LogP contribution < -0.4 is 5.32 Å². The fourth-order valence-corrected chi connectivity index (χ4v) is 2.13. The lowest BCUT2D eigenvalue weighted by Crippen LogP contribution is -2.38. The second-order valence-corrected chi connectivity index (χ2v) is 6.32. The van der Waals surface area contributed by atoms with Crippen LogP contribution >= 0.6 is 11.3 Å². The van der Waals surface area contributed by atoms with Crippen molar-refractivity contribution in [2.45, 2.75) is 53.5 Å². The molecule has 0 spiro atoms. The van der Waals surface area contributed by atoms with Crippen LogP contribution in [0.2, 0.25) is 0 Å². The van der Waals surface area contributed by atoms with Crippen molar-refractivity contribution in [2.75, 3.05) is 6.54 Å². The zero-order valence-electron chi connectivity index (χ0n) is 11.1. The van der Waals surface area contributed by atoms with Crippen LogP contribution in [0.3, 0.4) is 0 Å². The van der Waals surface area contributed by atoms with Crippen molar-refractivity contribution in [1.82, 2.24) is 10.3 Å². The van der Waals surface area contributed by atoms with E-state index < -0.39 is 0 Å². The van der Waals surface area contributed by atoms with E-state index in [2.05, 4.69) is 50.3 Å². The zero-order chi connectivity index (χ0) is 12.2. The number of hydrogen-bond donors (Lipinski definition) is 1. The summed E-state index contributed by atoms with van der Waals surface area (Å²) in [5.41, 5.74) is 1.56. The van der Waals surface area contributed by atoms with E-state index in [9.17, 15) is 0 Å². The summed E-state index contributed by atoms with van der Waals surface area (Å²) in [5, 5.41) is 6.99. The molecule has 0 aliphatic rings. The first-order valence-electron chi connectivity index (χ1n) is 6.10. The van der Waals surface area contributed by atoms with E-state index in [1.165, 1.54) is 10.7 Å². The largest absolute Gasteiger partial charge is 0.313 e. The molecule has 0 aliphatic carbocycles. The monoisotopic (exact) mass is 240 g/mol. The SMILES string of the molecule is CCc1nc(CCNC(C)C(C)(C)C)cs1. The summed E-state index contributed by atoms with van der Waals surface area (Å²) in [7, 11) is 0. The molecular weight excluding hydrogens is 216 g/mol. The molecule has 0 aromatic carbocycles. The van der Waals surface area contributed by atoms with Gasteiger partial charge in [0.15, 0.2) is 0 Å². The van der Waals surface area contributed by atoms with Gasteiger partial charge in [0.1, 0.15) is 0 Å². The highest BCUT2D eigenvalue weighted by molar-refractivity contribution is 7.09. The molecule has 0 aliphatic heterocycles. The summed E-state index contributed by atoms with van der Waals surface area (Å²) >= 11 is 1.78. The fourth-order valence-electron chi connectivity index (χ4n) is 1.35. The second-order valence-electron chi connectivity index (χ2n) is 5.38. The predicted molar refractivity (Wildman–Crippen MR) is 72.1 cm³/mol. The van der Waals surface area contributed by atoms with Crippen LogP contribution in [0.4, 0.5) is 0 Å². The Labute approximate surface area is 103 Å². The van der Waals surface area contributed by atoms with Gasteiger partial charge >= 0.3 is 0 Å². The van der Waals surface area contributed by atoms with Gasteiger partial charge in [0, 0.05) is 24.4 Å². The van der Waals surface area contributed by atoms with Gasteiger partial charge in [0.05, 0.1) is 10.7 Å². The quantitative estimate of drug-likeness (QED) is 0.854. The van der Waals surface area contributed by atoms with E-state index in [1.807, 2.05) is 0 Å². The van der Waals surface area contributed by atoms with Crippen LogP contribution in [0.5, 0.6) is 0 Å². The first kappa shape index (κ1) is 13.7. The van der Waals surface area contributed by atoms with Gasteiger partial charge in [-0.25, -0.2) is 4.98 Å². The van der Waals surface area contributed by atoms with E-state index in [0.717, 1.165) is 19.4 Å². The molecule has 1 aromatic heterocycles. The lowest BCUT2D eigenvalue weighted by Gasteiger charge is -2.28. The molecule has 1 unspecified atom stereocenters. The van der Waals surface area contributed by atoms with Crippen molar-refractivity contribution < 1.29 is 0 Å².